The lowest BCUT2D eigenvalue weighted by Gasteiger charge is -2.35. The molecule has 1 aliphatic heterocycles. The average molecular weight is 481 g/mol. The Bertz CT molecular complexity index is 1280. The number of anilines is 1. The Morgan fingerprint density at radius 3 is 2.61 bits per heavy atom. The minimum absolute atomic E-state index is 0.101. The number of para-hydroxylation sites is 1. The SMILES string of the molecule is CCC(C)c1nc(N2CCN(C(=O)c3cccs3)CC2)c2cnn(-c3ccccc3Cl)c2n1. The van der Waals surface area contributed by atoms with Crippen LogP contribution in [0.1, 0.15) is 41.7 Å². The molecule has 0 aliphatic carbocycles. The van der Waals surface area contributed by atoms with Crippen LogP contribution >= 0.6 is 22.9 Å². The first-order valence-electron chi connectivity index (χ1n) is 11.1. The Morgan fingerprint density at radius 1 is 1.12 bits per heavy atom. The highest BCUT2D eigenvalue weighted by atomic mass is 35.5. The maximum Gasteiger partial charge on any atom is 0.264 e. The summed E-state index contributed by atoms with van der Waals surface area (Å²) in [6.45, 7) is 7.00. The summed E-state index contributed by atoms with van der Waals surface area (Å²) in [7, 11) is 0. The van der Waals surface area contributed by atoms with Crippen molar-refractivity contribution in [2.24, 2.45) is 0 Å². The molecule has 1 atom stereocenters. The standard InChI is InChI=1S/C24H25ClN6OS/c1-3-16(2)21-27-22(29-10-12-30(13-11-29)24(32)20-9-6-14-33-20)17-15-26-31(23(17)28-21)19-8-5-4-7-18(19)25/h4-9,14-16H,3,10-13H2,1-2H3. The van der Waals surface area contributed by atoms with Crippen LogP contribution in [0.2, 0.25) is 5.02 Å². The van der Waals surface area contributed by atoms with Gasteiger partial charge in [0.2, 0.25) is 0 Å². The fraction of sp³-hybridized carbons (Fsp3) is 0.333. The monoisotopic (exact) mass is 480 g/mol. The van der Waals surface area contributed by atoms with Crippen molar-refractivity contribution in [2.75, 3.05) is 31.1 Å². The third-order valence-electron chi connectivity index (χ3n) is 6.16. The predicted octanol–water partition coefficient (Wildman–Crippen LogP) is 5.01. The van der Waals surface area contributed by atoms with Crippen LogP contribution in [0, 0.1) is 0 Å². The summed E-state index contributed by atoms with van der Waals surface area (Å²) >= 11 is 7.96. The summed E-state index contributed by atoms with van der Waals surface area (Å²) in [6, 6.07) is 11.4. The lowest BCUT2D eigenvalue weighted by molar-refractivity contribution is 0.0751. The maximum absolute atomic E-state index is 12.8. The first-order valence-corrected chi connectivity index (χ1v) is 12.4. The highest BCUT2D eigenvalue weighted by Gasteiger charge is 2.26. The van der Waals surface area contributed by atoms with Crippen LogP contribution in [0.4, 0.5) is 5.82 Å². The van der Waals surface area contributed by atoms with E-state index in [1.54, 1.807) is 4.68 Å². The first kappa shape index (κ1) is 21.9. The second kappa shape index (κ2) is 9.11. The Labute approximate surface area is 201 Å². The van der Waals surface area contributed by atoms with Gasteiger partial charge in [-0.2, -0.15) is 5.10 Å². The van der Waals surface area contributed by atoms with Crippen LogP contribution in [0.25, 0.3) is 16.7 Å². The van der Waals surface area contributed by atoms with Gasteiger partial charge < -0.3 is 9.80 Å². The van der Waals surface area contributed by atoms with Gasteiger partial charge in [0, 0.05) is 32.1 Å². The number of amides is 1. The van der Waals surface area contributed by atoms with Crippen LogP contribution in [0.3, 0.4) is 0 Å². The quantitative estimate of drug-likeness (QED) is 0.402. The summed E-state index contributed by atoms with van der Waals surface area (Å²) in [5, 5.41) is 8.07. The van der Waals surface area contributed by atoms with Crippen LogP contribution in [-0.4, -0.2) is 56.7 Å². The van der Waals surface area contributed by atoms with Gasteiger partial charge in [-0.15, -0.1) is 11.3 Å². The molecule has 33 heavy (non-hydrogen) atoms. The van der Waals surface area contributed by atoms with E-state index < -0.39 is 0 Å². The molecule has 1 fully saturated rings. The number of halogens is 1. The molecule has 0 radical (unpaired) electrons. The third kappa shape index (κ3) is 4.09. The van der Waals surface area contributed by atoms with Crippen LogP contribution < -0.4 is 4.90 Å². The summed E-state index contributed by atoms with van der Waals surface area (Å²) in [5.41, 5.74) is 1.54. The molecule has 7 nitrogen and oxygen atoms in total. The molecule has 4 aromatic rings. The van der Waals surface area contributed by atoms with Gasteiger partial charge >= 0.3 is 0 Å². The largest absolute Gasteiger partial charge is 0.352 e. The number of hydrogen-bond donors (Lipinski definition) is 0. The molecule has 5 rings (SSSR count). The van der Waals surface area contributed by atoms with E-state index in [0.29, 0.717) is 31.2 Å². The molecule has 1 saturated heterocycles. The van der Waals surface area contributed by atoms with Crippen LogP contribution in [0.15, 0.2) is 48.0 Å². The lowest BCUT2D eigenvalue weighted by Crippen LogP contribution is -2.49. The fourth-order valence-electron chi connectivity index (χ4n) is 4.03. The molecule has 0 N–H and O–H groups in total. The highest BCUT2D eigenvalue weighted by molar-refractivity contribution is 7.12. The zero-order valence-electron chi connectivity index (χ0n) is 18.6. The van der Waals surface area contributed by atoms with E-state index in [0.717, 1.165) is 39.7 Å². The van der Waals surface area contributed by atoms with Crippen LogP contribution in [-0.2, 0) is 0 Å². The van der Waals surface area contributed by atoms with E-state index in [4.69, 9.17) is 21.6 Å². The summed E-state index contributed by atoms with van der Waals surface area (Å²) in [6.07, 6.45) is 2.76. The van der Waals surface area contributed by atoms with Crippen molar-refractivity contribution in [2.45, 2.75) is 26.2 Å². The number of benzene rings is 1. The van der Waals surface area contributed by atoms with Gasteiger partial charge in [-0.1, -0.05) is 43.6 Å². The zero-order chi connectivity index (χ0) is 22.9. The number of nitrogens with zero attached hydrogens (tertiary/aromatic N) is 6. The van der Waals surface area contributed by atoms with Gasteiger partial charge in [-0.05, 0) is 30.0 Å². The molecular weight excluding hydrogens is 456 g/mol. The Morgan fingerprint density at radius 2 is 1.91 bits per heavy atom. The van der Waals surface area contributed by atoms with Crippen molar-refractivity contribution >= 4 is 45.7 Å². The Hall–Kier alpha value is -2.97. The molecule has 1 aliphatic rings. The van der Waals surface area contributed by atoms with Crippen molar-refractivity contribution in [1.82, 2.24) is 24.6 Å². The number of thiophene rings is 1. The first-order chi connectivity index (χ1) is 16.1. The van der Waals surface area contributed by atoms with Crippen molar-refractivity contribution in [3.05, 3.63) is 63.7 Å². The van der Waals surface area contributed by atoms with E-state index in [2.05, 4.69) is 23.8 Å². The van der Waals surface area contributed by atoms with E-state index >= 15 is 0 Å². The number of piperazine rings is 1. The second-order valence-electron chi connectivity index (χ2n) is 8.22. The molecule has 3 aromatic heterocycles. The fourth-order valence-corrected chi connectivity index (χ4v) is 4.94. The number of carbonyl (C=O) groups is 1. The molecule has 9 heteroatoms. The maximum atomic E-state index is 12.8. The van der Waals surface area contributed by atoms with E-state index in [9.17, 15) is 4.79 Å². The normalized spacial score (nSPS) is 15.2. The van der Waals surface area contributed by atoms with E-state index in [1.165, 1.54) is 11.3 Å². The van der Waals surface area contributed by atoms with Gasteiger partial charge in [-0.25, -0.2) is 14.6 Å². The Kier molecular flexibility index (Phi) is 6.03. The van der Waals surface area contributed by atoms with Crippen molar-refractivity contribution in [3.8, 4) is 5.69 Å². The van der Waals surface area contributed by atoms with Crippen molar-refractivity contribution < 1.29 is 4.79 Å². The van der Waals surface area contributed by atoms with Crippen molar-refractivity contribution in [1.29, 1.82) is 0 Å². The van der Waals surface area contributed by atoms with Crippen molar-refractivity contribution in [3.63, 3.8) is 0 Å². The molecule has 170 valence electrons. The number of carbonyl (C=O) groups excluding carboxylic acids is 1. The number of fused-ring (bicyclic) bond motifs is 1. The molecule has 4 heterocycles. The van der Waals surface area contributed by atoms with Gasteiger partial charge in [0.25, 0.3) is 5.91 Å². The van der Waals surface area contributed by atoms with Crippen LogP contribution in [0.5, 0.6) is 0 Å². The number of rotatable bonds is 5. The lowest BCUT2D eigenvalue weighted by atomic mass is 10.1. The molecule has 1 unspecified atom stereocenters. The molecular formula is C24H25ClN6OS. The third-order valence-corrected chi connectivity index (χ3v) is 7.34. The molecule has 0 spiro atoms. The molecule has 0 bridgehead atoms. The summed E-state index contributed by atoms with van der Waals surface area (Å²) in [4.78, 5) is 27.6. The summed E-state index contributed by atoms with van der Waals surface area (Å²) < 4.78 is 1.80. The van der Waals surface area contributed by atoms with Gasteiger partial charge in [0.05, 0.1) is 27.2 Å². The smallest absolute Gasteiger partial charge is 0.264 e. The van der Waals surface area contributed by atoms with Gasteiger partial charge in [0.1, 0.15) is 11.6 Å². The second-order valence-corrected chi connectivity index (χ2v) is 9.57. The minimum Gasteiger partial charge on any atom is -0.352 e. The predicted molar refractivity (Wildman–Crippen MR) is 133 cm³/mol. The topological polar surface area (TPSA) is 67.2 Å². The minimum atomic E-state index is 0.101. The molecule has 1 amide bonds. The summed E-state index contributed by atoms with van der Waals surface area (Å²) in [5.74, 6) is 1.98. The zero-order valence-corrected chi connectivity index (χ0v) is 20.2. The van der Waals surface area contributed by atoms with Gasteiger partial charge in [0.15, 0.2) is 5.65 Å². The van der Waals surface area contributed by atoms with E-state index in [1.807, 2.05) is 52.9 Å². The number of hydrogen-bond acceptors (Lipinski definition) is 6. The molecule has 0 saturated carbocycles. The van der Waals surface area contributed by atoms with E-state index in [-0.39, 0.29) is 11.8 Å². The Balaban J connectivity index is 1.50. The molecule has 1 aromatic carbocycles. The highest BCUT2D eigenvalue weighted by Crippen LogP contribution is 2.31. The number of aromatic nitrogens is 4. The van der Waals surface area contributed by atoms with Gasteiger partial charge in [-0.3, -0.25) is 4.79 Å². The average Bonchev–Trinajstić information content (AvgIpc) is 3.53.